The summed E-state index contributed by atoms with van der Waals surface area (Å²) in [5, 5.41) is 2.76. The molecule has 0 aromatic heterocycles. The van der Waals surface area contributed by atoms with E-state index in [1.165, 1.54) is 12.1 Å². The van der Waals surface area contributed by atoms with Gasteiger partial charge in [-0.15, -0.1) is 11.8 Å². The van der Waals surface area contributed by atoms with Crippen LogP contribution in [0.3, 0.4) is 0 Å². The van der Waals surface area contributed by atoms with Gasteiger partial charge in [0.1, 0.15) is 5.82 Å². The average molecular weight is 270 g/mol. The first kappa shape index (κ1) is 14.5. The van der Waals surface area contributed by atoms with Crippen LogP contribution in [0.25, 0.3) is 0 Å². The lowest BCUT2D eigenvalue weighted by molar-refractivity contribution is -0.119. The molecule has 18 heavy (non-hydrogen) atoms. The molecule has 2 amide bonds. The Balaban J connectivity index is 2.39. The lowest BCUT2D eigenvalue weighted by atomic mass is 10.1. The van der Waals surface area contributed by atoms with Gasteiger partial charge >= 0.3 is 0 Å². The van der Waals surface area contributed by atoms with Crippen molar-refractivity contribution in [1.82, 2.24) is 5.32 Å². The summed E-state index contributed by atoms with van der Waals surface area (Å²) in [4.78, 5) is 22.0. The summed E-state index contributed by atoms with van der Waals surface area (Å²) in [6.45, 7) is 1.81. The Bertz CT molecular complexity index is 423. The lowest BCUT2D eigenvalue weighted by Crippen LogP contribution is -2.28. The first-order valence-corrected chi connectivity index (χ1v) is 6.55. The molecule has 0 saturated carbocycles. The van der Waals surface area contributed by atoms with Crippen LogP contribution in [0, 0.1) is 5.82 Å². The molecule has 1 aromatic rings. The van der Waals surface area contributed by atoms with Crippen LogP contribution >= 0.6 is 11.8 Å². The minimum Gasteiger partial charge on any atom is -0.369 e. The Morgan fingerprint density at radius 1 is 1.33 bits per heavy atom. The number of hydrogen-bond donors (Lipinski definition) is 2. The molecular formula is C12H15FN2O2S. The van der Waals surface area contributed by atoms with E-state index in [0.717, 1.165) is 17.3 Å². The highest BCUT2D eigenvalue weighted by Gasteiger charge is 2.09. The highest BCUT2D eigenvalue weighted by molar-refractivity contribution is 8.00. The van der Waals surface area contributed by atoms with Crippen molar-refractivity contribution in [3.8, 4) is 0 Å². The number of primary amides is 1. The standard InChI is InChI=1S/C12H15FN2O2S/c1-8(9-2-4-10(13)5-3-9)15-12(17)7-18-6-11(14)16/h2-5,8H,6-7H2,1H3,(H2,14,16)(H,15,17). The zero-order valence-electron chi connectivity index (χ0n) is 9.98. The zero-order chi connectivity index (χ0) is 13.5. The minimum atomic E-state index is -0.445. The second-order valence-electron chi connectivity index (χ2n) is 3.80. The number of amides is 2. The predicted octanol–water partition coefficient (Wildman–Crippen LogP) is 1.22. The van der Waals surface area contributed by atoms with Crippen LogP contribution in [0.2, 0.25) is 0 Å². The Morgan fingerprint density at radius 3 is 2.50 bits per heavy atom. The first-order valence-electron chi connectivity index (χ1n) is 5.40. The quantitative estimate of drug-likeness (QED) is 0.816. The maximum Gasteiger partial charge on any atom is 0.230 e. The molecule has 0 saturated heterocycles. The molecule has 0 aliphatic heterocycles. The van der Waals surface area contributed by atoms with Crippen LogP contribution in [-0.2, 0) is 9.59 Å². The van der Waals surface area contributed by atoms with Gasteiger partial charge in [-0.2, -0.15) is 0 Å². The number of nitrogens with two attached hydrogens (primary N) is 1. The van der Waals surface area contributed by atoms with Gasteiger partial charge in [0.15, 0.2) is 0 Å². The highest BCUT2D eigenvalue weighted by Crippen LogP contribution is 2.13. The molecule has 0 bridgehead atoms. The van der Waals surface area contributed by atoms with Crippen LogP contribution in [0.4, 0.5) is 4.39 Å². The topological polar surface area (TPSA) is 72.2 Å². The smallest absolute Gasteiger partial charge is 0.230 e. The van der Waals surface area contributed by atoms with Crippen molar-refractivity contribution in [3.05, 3.63) is 35.6 Å². The average Bonchev–Trinajstić information content (AvgIpc) is 2.29. The summed E-state index contributed by atoms with van der Waals surface area (Å²) in [7, 11) is 0. The molecule has 0 aliphatic carbocycles. The molecule has 98 valence electrons. The molecule has 1 unspecified atom stereocenters. The summed E-state index contributed by atoms with van der Waals surface area (Å²) < 4.78 is 12.7. The van der Waals surface area contributed by atoms with Crippen LogP contribution in [0.15, 0.2) is 24.3 Å². The van der Waals surface area contributed by atoms with Gasteiger partial charge in [0, 0.05) is 0 Å². The summed E-state index contributed by atoms with van der Waals surface area (Å²) in [5.74, 6) is -0.640. The van der Waals surface area contributed by atoms with E-state index in [2.05, 4.69) is 5.32 Å². The summed E-state index contributed by atoms with van der Waals surface area (Å²) in [6, 6.07) is 5.74. The number of hydrogen-bond acceptors (Lipinski definition) is 3. The maximum absolute atomic E-state index is 12.7. The van der Waals surface area contributed by atoms with Crippen LogP contribution in [0.1, 0.15) is 18.5 Å². The number of nitrogens with one attached hydrogen (secondary N) is 1. The fourth-order valence-electron chi connectivity index (χ4n) is 1.36. The number of halogens is 1. The third-order valence-electron chi connectivity index (χ3n) is 2.22. The second-order valence-corrected chi connectivity index (χ2v) is 4.79. The molecule has 0 spiro atoms. The van der Waals surface area contributed by atoms with Crippen molar-refractivity contribution in [3.63, 3.8) is 0 Å². The van der Waals surface area contributed by atoms with E-state index in [-0.39, 0.29) is 29.3 Å². The summed E-state index contributed by atoms with van der Waals surface area (Å²) >= 11 is 1.16. The van der Waals surface area contributed by atoms with E-state index < -0.39 is 5.91 Å². The monoisotopic (exact) mass is 270 g/mol. The Morgan fingerprint density at radius 2 is 1.94 bits per heavy atom. The van der Waals surface area contributed by atoms with Gasteiger partial charge in [-0.3, -0.25) is 9.59 Å². The van der Waals surface area contributed by atoms with E-state index >= 15 is 0 Å². The maximum atomic E-state index is 12.7. The predicted molar refractivity (Wildman–Crippen MR) is 69.5 cm³/mol. The summed E-state index contributed by atoms with van der Waals surface area (Å²) in [6.07, 6.45) is 0. The van der Waals surface area contributed by atoms with Gasteiger partial charge in [-0.25, -0.2) is 4.39 Å². The fourth-order valence-corrected chi connectivity index (χ4v) is 1.93. The first-order chi connectivity index (χ1) is 8.49. The molecule has 0 fully saturated rings. The van der Waals surface area contributed by atoms with E-state index in [1.54, 1.807) is 12.1 Å². The van der Waals surface area contributed by atoms with E-state index in [1.807, 2.05) is 6.92 Å². The van der Waals surface area contributed by atoms with Gasteiger partial charge in [0.25, 0.3) is 0 Å². The van der Waals surface area contributed by atoms with Crippen molar-refractivity contribution in [1.29, 1.82) is 0 Å². The van der Waals surface area contributed by atoms with Crippen molar-refractivity contribution in [2.24, 2.45) is 5.73 Å². The van der Waals surface area contributed by atoms with Crippen molar-refractivity contribution in [2.45, 2.75) is 13.0 Å². The Labute approximate surface area is 109 Å². The number of carbonyl (C=O) groups excluding carboxylic acids is 2. The number of rotatable bonds is 6. The summed E-state index contributed by atoms with van der Waals surface area (Å²) in [5.41, 5.74) is 5.78. The van der Waals surface area contributed by atoms with Gasteiger partial charge in [-0.05, 0) is 24.6 Å². The van der Waals surface area contributed by atoms with Gasteiger partial charge in [-0.1, -0.05) is 12.1 Å². The van der Waals surface area contributed by atoms with E-state index in [0.29, 0.717) is 0 Å². The van der Waals surface area contributed by atoms with Gasteiger partial charge in [0.2, 0.25) is 11.8 Å². The van der Waals surface area contributed by atoms with Crippen molar-refractivity contribution >= 4 is 23.6 Å². The molecule has 3 N–H and O–H groups in total. The number of thioether (sulfide) groups is 1. The highest BCUT2D eigenvalue weighted by atomic mass is 32.2. The molecule has 6 heteroatoms. The molecule has 1 rings (SSSR count). The molecule has 1 aromatic carbocycles. The normalized spacial score (nSPS) is 11.9. The van der Waals surface area contributed by atoms with E-state index in [9.17, 15) is 14.0 Å². The molecule has 0 radical (unpaired) electrons. The largest absolute Gasteiger partial charge is 0.369 e. The van der Waals surface area contributed by atoms with Crippen LogP contribution in [-0.4, -0.2) is 23.3 Å². The fraction of sp³-hybridized carbons (Fsp3) is 0.333. The molecule has 0 heterocycles. The molecule has 0 aliphatic rings. The van der Waals surface area contributed by atoms with Crippen molar-refractivity contribution < 1.29 is 14.0 Å². The lowest BCUT2D eigenvalue weighted by Gasteiger charge is -2.14. The molecule has 1 atom stereocenters. The SMILES string of the molecule is CC(NC(=O)CSCC(N)=O)c1ccc(F)cc1. The van der Waals surface area contributed by atoms with Crippen LogP contribution < -0.4 is 11.1 Å². The molecule has 4 nitrogen and oxygen atoms in total. The number of benzene rings is 1. The van der Waals surface area contributed by atoms with E-state index in [4.69, 9.17) is 5.73 Å². The second kappa shape index (κ2) is 7.00. The third-order valence-corrected chi connectivity index (χ3v) is 3.18. The Kier molecular flexibility index (Phi) is 5.64. The minimum absolute atomic E-state index is 0.123. The van der Waals surface area contributed by atoms with Crippen molar-refractivity contribution in [2.75, 3.05) is 11.5 Å². The van der Waals surface area contributed by atoms with Crippen LogP contribution in [0.5, 0.6) is 0 Å². The van der Waals surface area contributed by atoms with Gasteiger partial charge in [0.05, 0.1) is 17.5 Å². The Hall–Kier alpha value is -1.56. The van der Waals surface area contributed by atoms with Gasteiger partial charge < -0.3 is 11.1 Å². The zero-order valence-corrected chi connectivity index (χ0v) is 10.8. The molecular weight excluding hydrogens is 255 g/mol. The number of carbonyl (C=O) groups is 2. The third kappa shape index (κ3) is 5.18.